The number of rotatable bonds is 17. The first-order chi connectivity index (χ1) is 21.0. The molecule has 1 aromatic heterocycles. The van der Waals surface area contributed by atoms with Gasteiger partial charge in [0.2, 0.25) is 5.91 Å². The van der Waals surface area contributed by atoms with Crippen molar-refractivity contribution in [3.8, 4) is 0 Å². The van der Waals surface area contributed by atoms with Crippen LogP contribution >= 0.6 is 24.8 Å². The highest BCUT2D eigenvalue weighted by atomic mass is 35.5. The molecule has 0 spiro atoms. The van der Waals surface area contributed by atoms with Gasteiger partial charge in [-0.05, 0) is 60.2 Å². The fraction of sp³-hybridized carbons (Fsp3) is 0.406. The summed E-state index contributed by atoms with van der Waals surface area (Å²) >= 11 is 0. The summed E-state index contributed by atoms with van der Waals surface area (Å²) in [5.41, 5.74) is 2.43. The van der Waals surface area contributed by atoms with Crippen molar-refractivity contribution < 1.29 is 31.9 Å². The summed E-state index contributed by atoms with van der Waals surface area (Å²) in [6.07, 6.45) is 3.20. The zero-order valence-electron chi connectivity index (χ0n) is 25.7. The van der Waals surface area contributed by atoms with Gasteiger partial charge < -0.3 is 21.1 Å². The van der Waals surface area contributed by atoms with Gasteiger partial charge in [0.25, 0.3) is 5.91 Å². The molecule has 2 aromatic carbocycles. The Morgan fingerprint density at radius 3 is 2.26 bits per heavy atom. The molecule has 3 atom stereocenters. The molecule has 1 heterocycles. The topological polar surface area (TPSA) is 137 Å². The Balaban J connectivity index is 0.00000529. The molecule has 0 fully saturated rings. The van der Waals surface area contributed by atoms with Gasteiger partial charge >= 0.3 is 0 Å². The van der Waals surface area contributed by atoms with E-state index in [1.807, 2.05) is 38.1 Å². The lowest BCUT2D eigenvalue weighted by Crippen LogP contribution is -2.56. The fourth-order valence-electron chi connectivity index (χ4n) is 4.64. The summed E-state index contributed by atoms with van der Waals surface area (Å²) in [7, 11) is -3.76. The second-order valence-corrected chi connectivity index (χ2v) is 12.9. The number of sulfone groups is 1. The number of halogens is 4. The van der Waals surface area contributed by atoms with Crippen LogP contribution in [0.1, 0.15) is 53.7 Å². The number of nitrogens with zero attached hydrogens (tertiary/aromatic N) is 1. The number of aromatic nitrogens is 1. The predicted octanol–water partition coefficient (Wildman–Crippen LogP) is 3.96. The third kappa shape index (κ3) is 13.7. The minimum Gasteiger partial charge on any atom is -0.390 e. The van der Waals surface area contributed by atoms with E-state index < -0.39 is 57.2 Å². The van der Waals surface area contributed by atoms with Crippen LogP contribution in [0.15, 0.2) is 67.0 Å². The summed E-state index contributed by atoms with van der Waals surface area (Å²) in [5, 5.41) is 19.4. The van der Waals surface area contributed by atoms with Crippen molar-refractivity contribution in [2.45, 2.75) is 64.3 Å². The number of amides is 2. The lowest BCUT2D eigenvalue weighted by Gasteiger charge is -2.27. The van der Waals surface area contributed by atoms with Gasteiger partial charge in [0.15, 0.2) is 9.84 Å². The maximum absolute atomic E-state index is 14.0. The van der Waals surface area contributed by atoms with E-state index in [1.165, 1.54) is 24.5 Å². The van der Waals surface area contributed by atoms with Crippen molar-refractivity contribution in [3.63, 3.8) is 0 Å². The first kappa shape index (κ1) is 40.9. The van der Waals surface area contributed by atoms with Crippen LogP contribution in [0, 0.1) is 11.6 Å². The second-order valence-electron chi connectivity index (χ2n) is 10.7. The molecule has 14 heteroatoms. The van der Waals surface area contributed by atoms with E-state index >= 15 is 0 Å². The molecule has 0 unspecified atom stereocenters. The van der Waals surface area contributed by atoms with Crippen LogP contribution in [0.4, 0.5) is 8.78 Å². The zero-order chi connectivity index (χ0) is 32.1. The first-order valence-corrected chi connectivity index (χ1v) is 16.4. The van der Waals surface area contributed by atoms with Crippen LogP contribution < -0.4 is 16.0 Å². The summed E-state index contributed by atoms with van der Waals surface area (Å²) < 4.78 is 53.7. The molecule has 0 bridgehead atoms. The molecule has 3 aromatic rings. The molecule has 3 rings (SSSR count). The average molecular weight is 704 g/mol. The molecule has 46 heavy (non-hydrogen) atoms. The summed E-state index contributed by atoms with van der Waals surface area (Å²) in [5.74, 6) is -4.06. The predicted molar refractivity (Wildman–Crippen MR) is 179 cm³/mol. The van der Waals surface area contributed by atoms with Crippen LogP contribution in [0.3, 0.4) is 0 Å². The molecule has 0 saturated heterocycles. The molecule has 4 N–H and O–H groups in total. The van der Waals surface area contributed by atoms with Gasteiger partial charge in [-0.15, -0.1) is 24.8 Å². The number of aryl methyl sites for hydroxylation is 1. The Hall–Kier alpha value is -3.16. The number of hydrogen-bond donors (Lipinski definition) is 4. The number of nitrogens with one attached hydrogen (secondary N) is 3. The van der Waals surface area contributed by atoms with Crippen molar-refractivity contribution in [2.24, 2.45) is 0 Å². The normalized spacial score (nSPS) is 13.0. The minimum absolute atomic E-state index is 0. The van der Waals surface area contributed by atoms with E-state index in [2.05, 4.69) is 20.9 Å². The van der Waals surface area contributed by atoms with Gasteiger partial charge in [-0.2, -0.15) is 0 Å². The van der Waals surface area contributed by atoms with E-state index in [0.29, 0.717) is 25.5 Å². The molecular weight excluding hydrogens is 661 g/mol. The molecule has 0 aliphatic heterocycles. The molecule has 0 aliphatic carbocycles. The molecule has 2 amide bonds. The maximum atomic E-state index is 14.0. The smallest absolute Gasteiger partial charge is 0.253 e. The van der Waals surface area contributed by atoms with Gasteiger partial charge in [0, 0.05) is 31.5 Å². The number of hydrogen-bond acceptors (Lipinski definition) is 7. The van der Waals surface area contributed by atoms with Crippen molar-refractivity contribution in [3.05, 3.63) is 101 Å². The number of benzene rings is 2. The summed E-state index contributed by atoms with van der Waals surface area (Å²) in [6, 6.07) is 11.2. The first-order valence-electron chi connectivity index (χ1n) is 14.6. The standard InChI is InChI=1S/C32H40F2N4O5S.2ClH/c1-3-5-12-44(42,43)21-29(38-31(40)25-10-7-11-35-19-25)32(41)37-28(16-24-14-26(33)17-27(34)15-24)30(39)20-36-18-23-9-6-8-22(4-2)13-23;;/h6-11,13-15,17,19,28-30,36,39H,3-5,12,16,18,20-21H2,1-2H3,(H,37,41)(H,38,40);2*1H/t28-,29+,30+;;/m0../s1. The Bertz CT molecular complexity index is 1480. The highest BCUT2D eigenvalue weighted by molar-refractivity contribution is 7.91. The molecule has 9 nitrogen and oxygen atoms in total. The number of pyridine rings is 1. The number of aliphatic hydroxyl groups is 1. The maximum Gasteiger partial charge on any atom is 0.253 e. The van der Waals surface area contributed by atoms with E-state index in [9.17, 15) is 31.9 Å². The van der Waals surface area contributed by atoms with Gasteiger partial charge in [-0.3, -0.25) is 14.6 Å². The van der Waals surface area contributed by atoms with Crippen molar-refractivity contribution >= 4 is 46.5 Å². The average Bonchev–Trinajstić information content (AvgIpc) is 2.99. The SMILES string of the molecule is CCCCS(=O)(=O)C[C@@H](NC(=O)c1cccnc1)C(=O)N[C@@H](Cc1cc(F)cc(F)c1)[C@H](O)CNCc1cccc(CC)c1.Cl.Cl. The Morgan fingerprint density at radius 2 is 1.63 bits per heavy atom. The van der Waals surface area contributed by atoms with Crippen LogP contribution in [0.2, 0.25) is 0 Å². The van der Waals surface area contributed by atoms with E-state index in [4.69, 9.17) is 0 Å². The quantitative estimate of drug-likeness (QED) is 0.167. The number of unbranched alkanes of at least 4 members (excludes halogenated alkanes) is 1. The van der Waals surface area contributed by atoms with Crippen LogP contribution in [0.25, 0.3) is 0 Å². The van der Waals surface area contributed by atoms with Gasteiger partial charge in [0.1, 0.15) is 17.7 Å². The Labute approximate surface area is 281 Å². The summed E-state index contributed by atoms with van der Waals surface area (Å²) in [4.78, 5) is 30.4. The number of carbonyl (C=O) groups excluding carboxylic acids is 2. The zero-order valence-corrected chi connectivity index (χ0v) is 28.2. The highest BCUT2D eigenvalue weighted by Gasteiger charge is 2.31. The number of aliphatic hydroxyl groups excluding tert-OH is 1. The monoisotopic (exact) mass is 702 g/mol. The fourth-order valence-corrected chi connectivity index (χ4v) is 6.28. The third-order valence-corrected chi connectivity index (χ3v) is 8.78. The molecule has 254 valence electrons. The van der Waals surface area contributed by atoms with Gasteiger partial charge in [-0.25, -0.2) is 17.2 Å². The third-order valence-electron chi connectivity index (χ3n) is 7.03. The number of carbonyl (C=O) groups is 2. The Morgan fingerprint density at radius 1 is 0.935 bits per heavy atom. The lowest BCUT2D eigenvalue weighted by molar-refractivity contribution is -0.124. The second kappa shape index (κ2) is 20.2. The molecule has 0 saturated carbocycles. The Kier molecular flexibility index (Phi) is 17.9. The van der Waals surface area contributed by atoms with Gasteiger partial charge in [0.05, 0.1) is 29.2 Å². The van der Waals surface area contributed by atoms with Crippen LogP contribution in [-0.4, -0.2) is 66.6 Å². The van der Waals surface area contributed by atoms with E-state index in [0.717, 1.165) is 29.7 Å². The molecule has 0 aliphatic rings. The van der Waals surface area contributed by atoms with Gasteiger partial charge in [-0.1, -0.05) is 44.5 Å². The van der Waals surface area contributed by atoms with Crippen LogP contribution in [0.5, 0.6) is 0 Å². The molecular formula is C32H42Cl2F2N4O5S. The van der Waals surface area contributed by atoms with Crippen molar-refractivity contribution in [1.82, 2.24) is 20.9 Å². The van der Waals surface area contributed by atoms with Crippen LogP contribution in [-0.2, 0) is 34.0 Å². The van der Waals surface area contributed by atoms with Crippen molar-refractivity contribution in [2.75, 3.05) is 18.1 Å². The van der Waals surface area contributed by atoms with E-state index in [1.54, 1.807) is 0 Å². The highest BCUT2D eigenvalue weighted by Crippen LogP contribution is 2.13. The minimum atomic E-state index is -3.76. The molecule has 0 radical (unpaired) electrons. The lowest BCUT2D eigenvalue weighted by atomic mass is 10.00. The largest absolute Gasteiger partial charge is 0.390 e. The van der Waals surface area contributed by atoms with E-state index in [-0.39, 0.29) is 54.7 Å². The summed E-state index contributed by atoms with van der Waals surface area (Å²) in [6.45, 7) is 4.29. The van der Waals surface area contributed by atoms with Crippen molar-refractivity contribution in [1.29, 1.82) is 0 Å².